The van der Waals surface area contributed by atoms with Crippen LogP contribution in [0.25, 0.3) is 10.9 Å². The zero-order valence-corrected chi connectivity index (χ0v) is 10.4. The van der Waals surface area contributed by atoms with Crippen LogP contribution in [0.3, 0.4) is 0 Å². The first-order valence-corrected chi connectivity index (χ1v) is 6.27. The highest BCUT2D eigenvalue weighted by Crippen LogP contribution is 2.26. The first-order valence-electron chi connectivity index (χ1n) is 6.27. The van der Waals surface area contributed by atoms with Crippen molar-refractivity contribution in [2.75, 3.05) is 25.5 Å². The Kier molecular flexibility index (Phi) is 3.02. The van der Waals surface area contributed by atoms with Crippen LogP contribution >= 0.6 is 0 Å². The summed E-state index contributed by atoms with van der Waals surface area (Å²) in [6.45, 7) is 2.11. The molecule has 0 aliphatic carbocycles. The summed E-state index contributed by atoms with van der Waals surface area (Å²) in [6, 6.07) is 8.50. The van der Waals surface area contributed by atoms with Crippen molar-refractivity contribution in [3.05, 3.63) is 30.5 Å². The Morgan fingerprint density at radius 2 is 2.33 bits per heavy atom. The molecule has 94 valence electrons. The molecular formula is C14H17N3O. The molecule has 1 atom stereocenters. The van der Waals surface area contributed by atoms with Crippen molar-refractivity contribution in [2.45, 2.75) is 12.5 Å². The second-order valence-electron chi connectivity index (χ2n) is 4.58. The molecule has 4 heteroatoms. The summed E-state index contributed by atoms with van der Waals surface area (Å²) >= 11 is 0. The molecule has 1 aromatic carbocycles. The van der Waals surface area contributed by atoms with Crippen LogP contribution in [-0.4, -0.2) is 31.2 Å². The average molecular weight is 243 g/mol. The highest BCUT2D eigenvalue weighted by molar-refractivity contribution is 5.92. The summed E-state index contributed by atoms with van der Waals surface area (Å²) < 4.78 is 5.28. The molecule has 1 saturated heterocycles. The van der Waals surface area contributed by atoms with E-state index in [1.165, 1.54) is 0 Å². The van der Waals surface area contributed by atoms with Gasteiger partial charge in [0.05, 0.1) is 12.6 Å². The van der Waals surface area contributed by atoms with Crippen molar-refractivity contribution in [1.82, 2.24) is 10.3 Å². The van der Waals surface area contributed by atoms with Gasteiger partial charge in [-0.25, -0.2) is 0 Å². The number of rotatable bonds is 3. The number of pyridine rings is 1. The van der Waals surface area contributed by atoms with Gasteiger partial charge >= 0.3 is 0 Å². The number of hydrogen-bond acceptors (Lipinski definition) is 4. The molecule has 3 rings (SSSR count). The van der Waals surface area contributed by atoms with E-state index in [1.807, 2.05) is 30.5 Å². The van der Waals surface area contributed by atoms with Crippen LogP contribution in [0, 0.1) is 0 Å². The minimum absolute atomic E-state index is 0.502. The van der Waals surface area contributed by atoms with Gasteiger partial charge in [-0.2, -0.15) is 0 Å². The van der Waals surface area contributed by atoms with Crippen molar-refractivity contribution < 1.29 is 4.74 Å². The Balaban J connectivity index is 1.98. The van der Waals surface area contributed by atoms with Gasteiger partial charge in [-0.1, -0.05) is 0 Å². The average Bonchev–Trinajstić information content (AvgIpc) is 2.91. The zero-order valence-electron chi connectivity index (χ0n) is 10.4. The summed E-state index contributed by atoms with van der Waals surface area (Å²) in [4.78, 5) is 4.38. The van der Waals surface area contributed by atoms with E-state index < -0.39 is 0 Å². The van der Waals surface area contributed by atoms with Crippen LogP contribution < -0.4 is 15.4 Å². The van der Waals surface area contributed by atoms with E-state index in [1.54, 1.807) is 7.11 Å². The fourth-order valence-corrected chi connectivity index (χ4v) is 2.38. The van der Waals surface area contributed by atoms with E-state index in [9.17, 15) is 0 Å². The predicted molar refractivity (Wildman–Crippen MR) is 73.2 cm³/mol. The normalized spacial score (nSPS) is 19.1. The largest absolute Gasteiger partial charge is 0.497 e. The lowest BCUT2D eigenvalue weighted by Crippen LogP contribution is -2.22. The number of fused-ring (bicyclic) bond motifs is 1. The molecule has 0 bridgehead atoms. The van der Waals surface area contributed by atoms with Gasteiger partial charge in [-0.15, -0.1) is 0 Å². The number of hydrogen-bond donors (Lipinski definition) is 2. The number of benzene rings is 1. The number of nitrogens with zero attached hydrogens (tertiary/aromatic N) is 1. The topological polar surface area (TPSA) is 46.2 Å². The van der Waals surface area contributed by atoms with Crippen molar-refractivity contribution >= 4 is 16.6 Å². The van der Waals surface area contributed by atoms with E-state index >= 15 is 0 Å². The molecule has 18 heavy (non-hydrogen) atoms. The molecule has 1 aliphatic heterocycles. The Morgan fingerprint density at radius 3 is 3.11 bits per heavy atom. The SMILES string of the molecule is COc1ccc2nccc(NC3CCNC3)c2c1. The summed E-state index contributed by atoms with van der Waals surface area (Å²) in [7, 11) is 1.69. The monoisotopic (exact) mass is 243 g/mol. The Morgan fingerprint density at radius 1 is 1.39 bits per heavy atom. The van der Waals surface area contributed by atoms with Crippen molar-refractivity contribution in [3.8, 4) is 5.75 Å². The van der Waals surface area contributed by atoms with E-state index in [2.05, 4.69) is 15.6 Å². The first-order chi connectivity index (χ1) is 8.86. The van der Waals surface area contributed by atoms with Crippen LogP contribution in [-0.2, 0) is 0 Å². The molecule has 1 aromatic heterocycles. The van der Waals surface area contributed by atoms with E-state index in [-0.39, 0.29) is 0 Å². The van der Waals surface area contributed by atoms with Gasteiger partial charge in [0.1, 0.15) is 5.75 Å². The molecule has 0 amide bonds. The molecule has 1 fully saturated rings. The predicted octanol–water partition coefficient (Wildman–Crippen LogP) is 2.02. The van der Waals surface area contributed by atoms with Gasteiger partial charge in [0.25, 0.3) is 0 Å². The lowest BCUT2D eigenvalue weighted by Gasteiger charge is -2.15. The molecule has 2 heterocycles. The van der Waals surface area contributed by atoms with Gasteiger partial charge in [0.2, 0.25) is 0 Å². The molecular weight excluding hydrogens is 226 g/mol. The molecule has 1 unspecified atom stereocenters. The summed E-state index contributed by atoms with van der Waals surface area (Å²) in [6.07, 6.45) is 3.01. The molecule has 4 nitrogen and oxygen atoms in total. The standard InChI is InChI=1S/C14H17N3O/c1-18-11-2-3-13-12(8-11)14(5-7-16-13)17-10-4-6-15-9-10/h2-3,5,7-8,10,15H,4,6,9H2,1H3,(H,16,17). The highest BCUT2D eigenvalue weighted by atomic mass is 16.5. The maximum Gasteiger partial charge on any atom is 0.119 e. The van der Waals surface area contributed by atoms with Crippen molar-refractivity contribution in [2.24, 2.45) is 0 Å². The summed E-state index contributed by atoms with van der Waals surface area (Å²) in [5.74, 6) is 0.864. The minimum atomic E-state index is 0.502. The lowest BCUT2D eigenvalue weighted by atomic mass is 10.1. The van der Waals surface area contributed by atoms with Crippen LogP contribution in [0.15, 0.2) is 30.5 Å². The summed E-state index contributed by atoms with van der Waals surface area (Å²) in [5, 5.41) is 8.05. The zero-order chi connectivity index (χ0) is 12.4. The number of ether oxygens (including phenoxy) is 1. The van der Waals surface area contributed by atoms with Crippen LogP contribution in [0.1, 0.15) is 6.42 Å². The third-order valence-corrected chi connectivity index (χ3v) is 3.37. The molecule has 0 radical (unpaired) electrons. The van der Waals surface area contributed by atoms with Gasteiger partial charge in [-0.05, 0) is 37.2 Å². The fraction of sp³-hybridized carbons (Fsp3) is 0.357. The maximum atomic E-state index is 5.28. The molecule has 0 saturated carbocycles. The second-order valence-corrected chi connectivity index (χ2v) is 4.58. The third-order valence-electron chi connectivity index (χ3n) is 3.37. The lowest BCUT2D eigenvalue weighted by molar-refractivity contribution is 0.415. The molecule has 2 aromatic rings. The second kappa shape index (κ2) is 4.82. The smallest absolute Gasteiger partial charge is 0.119 e. The van der Waals surface area contributed by atoms with Crippen LogP contribution in [0.4, 0.5) is 5.69 Å². The quantitative estimate of drug-likeness (QED) is 0.865. The minimum Gasteiger partial charge on any atom is -0.497 e. The number of anilines is 1. The number of methoxy groups -OCH3 is 1. The van der Waals surface area contributed by atoms with E-state index in [0.717, 1.165) is 41.9 Å². The van der Waals surface area contributed by atoms with Crippen molar-refractivity contribution in [3.63, 3.8) is 0 Å². The fourth-order valence-electron chi connectivity index (χ4n) is 2.38. The van der Waals surface area contributed by atoms with Gasteiger partial charge < -0.3 is 15.4 Å². The van der Waals surface area contributed by atoms with Gasteiger partial charge in [0, 0.05) is 29.9 Å². The maximum absolute atomic E-state index is 5.28. The third kappa shape index (κ3) is 2.11. The molecule has 1 aliphatic rings. The van der Waals surface area contributed by atoms with Gasteiger partial charge in [-0.3, -0.25) is 4.98 Å². The van der Waals surface area contributed by atoms with E-state index in [0.29, 0.717) is 6.04 Å². The molecule has 0 spiro atoms. The summed E-state index contributed by atoms with van der Waals surface area (Å²) in [5.41, 5.74) is 2.12. The Labute approximate surface area is 106 Å². The van der Waals surface area contributed by atoms with Crippen molar-refractivity contribution in [1.29, 1.82) is 0 Å². The first kappa shape index (κ1) is 11.3. The Bertz CT molecular complexity index is 550. The van der Waals surface area contributed by atoms with Crippen LogP contribution in [0.2, 0.25) is 0 Å². The van der Waals surface area contributed by atoms with Gasteiger partial charge in [0.15, 0.2) is 0 Å². The Hall–Kier alpha value is -1.81. The number of nitrogens with one attached hydrogen (secondary N) is 2. The highest BCUT2D eigenvalue weighted by Gasteiger charge is 2.15. The number of aromatic nitrogens is 1. The molecule has 2 N–H and O–H groups in total. The van der Waals surface area contributed by atoms with Crippen LogP contribution in [0.5, 0.6) is 5.75 Å². The van der Waals surface area contributed by atoms with E-state index in [4.69, 9.17) is 4.74 Å².